The molecule has 0 spiro atoms. The van der Waals surface area contributed by atoms with Crippen molar-refractivity contribution >= 4 is 29.8 Å². The number of carboxylic acid groups (broad SMARTS) is 2. The average molecular weight is 1080 g/mol. The third-order valence-electron chi connectivity index (χ3n) is 13.2. The van der Waals surface area contributed by atoms with E-state index in [2.05, 4.69) is 0 Å². The number of ether oxygens (including phenoxy) is 19. The molecule has 0 aromatic heterocycles. The van der Waals surface area contributed by atoms with E-state index in [9.17, 15) is 54.6 Å². The number of carbonyl (C=O) groups is 5. The number of aliphatic hydroxyl groups excluding tert-OH is 4. The molecule has 0 saturated carbocycles. The Morgan fingerprint density at radius 3 is 1.24 bits per heavy atom. The van der Waals surface area contributed by atoms with Crippen LogP contribution >= 0.6 is 0 Å². The Balaban J connectivity index is 1.45. The lowest BCUT2D eigenvalue weighted by Gasteiger charge is -2.51. The molecule has 426 valence electrons. The maximum atomic E-state index is 13.1. The van der Waals surface area contributed by atoms with Crippen molar-refractivity contribution in [3.05, 3.63) is 0 Å². The number of aliphatic carboxylic acids is 2. The van der Waals surface area contributed by atoms with Crippen molar-refractivity contribution in [3.8, 4) is 0 Å². The van der Waals surface area contributed by atoms with Crippen LogP contribution in [0.4, 0.5) is 0 Å². The predicted octanol–water partition coefficient (Wildman–Crippen LogP) is -4.17. The average Bonchev–Trinajstić information content (AvgIpc) is 3.36. The van der Waals surface area contributed by atoms with Crippen molar-refractivity contribution in [2.45, 2.75) is 175 Å². The number of esters is 3. The lowest BCUT2D eigenvalue weighted by molar-refractivity contribution is -0.391. The molecular formula is C44H70O30. The molecule has 0 bridgehead atoms. The van der Waals surface area contributed by atoms with Crippen LogP contribution in [0.15, 0.2) is 0 Å². The Labute approximate surface area is 424 Å². The molecule has 6 N–H and O–H groups in total. The van der Waals surface area contributed by atoms with Crippen molar-refractivity contribution < 1.29 is 145 Å². The lowest BCUT2D eigenvalue weighted by Crippen LogP contribution is -2.69. The van der Waals surface area contributed by atoms with Crippen LogP contribution in [0.3, 0.4) is 0 Å². The van der Waals surface area contributed by atoms with E-state index in [1.165, 1.54) is 49.6 Å². The number of hydrogen-bond donors (Lipinski definition) is 6. The summed E-state index contributed by atoms with van der Waals surface area (Å²) in [6, 6.07) is 0. The van der Waals surface area contributed by atoms with Crippen LogP contribution in [0.2, 0.25) is 0 Å². The largest absolute Gasteiger partial charge is 0.479 e. The second kappa shape index (κ2) is 27.7. The van der Waals surface area contributed by atoms with Crippen LogP contribution < -0.4 is 0 Å². The minimum Gasteiger partial charge on any atom is -0.479 e. The molecule has 5 aliphatic heterocycles. The number of rotatable bonds is 23. The topological polar surface area (TPSA) is 382 Å². The molecule has 0 radical (unpaired) electrons. The van der Waals surface area contributed by atoms with Gasteiger partial charge < -0.3 is 121 Å². The van der Waals surface area contributed by atoms with Crippen LogP contribution in [0.5, 0.6) is 0 Å². The molecule has 30 heteroatoms. The molecule has 5 aliphatic rings. The van der Waals surface area contributed by atoms with Crippen molar-refractivity contribution in [1.82, 2.24) is 0 Å². The van der Waals surface area contributed by atoms with Gasteiger partial charge in [0.05, 0.1) is 12.7 Å². The summed E-state index contributed by atoms with van der Waals surface area (Å²) < 4.78 is 110. The standard InChI is InChI=1S/C44H70O30/c1-15-20(13-63-16(2)46)67-42(35(59-8)25(15)56-5)72-32-30(58-7)37(61-10)44(74-34(32)39(54)55)70-27-21(14-64-17(3)47)68-41(24(51)28(27)65-18(4)48)71-31-29(57-6)36(60-9)43(73-33(31)38(52)53)69-26-19(12-45)66-40(62-11)23(50)22(26)49/h15,19-37,40-45,49-51H,12-14H2,1-11H3,(H,52,53)(H,54,55)/t15-,19?,20?,21+,22-,23?,24?,25-,26-,27-,28?,29?,30+,31+,32+,33-,34?,35?,36?,37?,40+,41-,42+,43+,44-/m1/s1. The molecule has 0 aromatic carbocycles. The van der Waals surface area contributed by atoms with Crippen molar-refractivity contribution in [1.29, 1.82) is 0 Å². The summed E-state index contributed by atoms with van der Waals surface area (Å²) in [6.07, 6.45) is -37.9. The summed E-state index contributed by atoms with van der Waals surface area (Å²) in [6.45, 7) is 3.30. The van der Waals surface area contributed by atoms with Crippen LogP contribution in [-0.4, -0.2) is 278 Å². The van der Waals surface area contributed by atoms with E-state index in [4.69, 9.17) is 90.0 Å². The molecule has 74 heavy (non-hydrogen) atoms. The first-order valence-electron chi connectivity index (χ1n) is 23.3. The highest BCUT2D eigenvalue weighted by Crippen LogP contribution is 2.39. The molecule has 10 unspecified atom stereocenters. The van der Waals surface area contributed by atoms with Gasteiger partial charge in [-0.2, -0.15) is 0 Å². The zero-order valence-corrected chi connectivity index (χ0v) is 42.5. The maximum absolute atomic E-state index is 13.1. The molecular weight excluding hydrogens is 1010 g/mol. The van der Waals surface area contributed by atoms with Crippen molar-refractivity contribution in [2.24, 2.45) is 5.92 Å². The van der Waals surface area contributed by atoms with Crippen LogP contribution in [0, 0.1) is 5.92 Å². The van der Waals surface area contributed by atoms with E-state index < -0.39 is 196 Å². The van der Waals surface area contributed by atoms with Gasteiger partial charge in [-0.25, -0.2) is 9.59 Å². The Bertz CT molecular complexity index is 1830. The minimum absolute atomic E-state index is 0.220. The fourth-order valence-electron chi connectivity index (χ4n) is 9.57. The Morgan fingerprint density at radius 2 is 0.811 bits per heavy atom. The normalized spacial score (nSPS) is 42.7. The second-order valence-corrected chi connectivity index (χ2v) is 17.7. The zero-order chi connectivity index (χ0) is 54.9. The lowest BCUT2D eigenvalue weighted by atomic mass is 9.90. The van der Waals surface area contributed by atoms with E-state index in [1.807, 2.05) is 0 Å². The van der Waals surface area contributed by atoms with Gasteiger partial charge in [-0.15, -0.1) is 0 Å². The third-order valence-corrected chi connectivity index (χ3v) is 13.2. The van der Waals surface area contributed by atoms with Crippen LogP contribution in [0.1, 0.15) is 27.7 Å². The fourth-order valence-corrected chi connectivity index (χ4v) is 9.57. The van der Waals surface area contributed by atoms with Gasteiger partial charge >= 0.3 is 29.8 Å². The summed E-state index contributed by atoms with van der Waals surface area (Å²) in [4.78, 5) is 63.0. The predicted molar refractivity (Wildman–Crippen MR) is 233 cm³/mol. The maximum Gasteiger partial charge on any atom is 0.335 e. The molecule has 0 amide bonds. The summed E-state index contributed by atoms with van der Waals surface area (Å²) >= 11 is 0. The van der Waals surface area contributed by atoms with Crippen LogP contribution in [0.25, 0.3) is 0 Å². The number of carbonyl (C=O) groups excluding carboxylic acids is 3. The monoisotopic (exact) mass is 1080 g/mol. The van der Waals surface area contributed by atoms with Gasteiger partial charge in [0, 0.05) is 76.5 Å². The minimum atomic E-state index is -2.13. The number of methoxy groups -OCH3 is 7. The summed E-state index contributed by atoms with van der Waals surface area (Å²) in [5, 5.41) is 64.9. The molecule has 0 aromatic rings. The SMILES string of the molecule is COC1C(OC)[C@H](O[C@H]2O[C@@H](COC(C)=O)[C@@H](O[C@@H]3OC(C(=O)O)[C@@H](O[C@@H]4OC(COC(C)=O)[C@@H](C)[C@@H](OC)C4OC)[C@H](OC)C3OC)C(OC(C)=O)C2O)[C@H](C(=O)O)O[C@@H]1O[C@@H]1C(CO)O[C@H](OC)C(O)[C@H]1O. The van der Waals surface area contributed by atoms with Gasteiger partial charge in [-0.3, -0.25) is 14.4 Å². The third kappa shape index (κ3) is 13.8. The molecule has 30 nitrogen and oxygen atoms in total. The fraction of sp³-hybridized carbons (Fsp3) is 0.886. The number of hydrogen-bond acceptors (Lipinski definition) is 28. The van der Waals surface area contributed by atoms with E-state index >= 15 is 0 Å². The molecule has 0 aliphatic carbocycles. The first-order chi connectivity index (χ1) is 35.1. The summed E-state index contributed by atoms with van der Waals surface area (Å²) in [7, 11) is 8.68. The molecule has 5 saturated heterocycles. The molecule has 5 heterocycles. The van der Waals surface area contributed by atoms with Gasteiger partial charge in [-0.1, -0.05) is 6.92 Å². The first-order valence-corrected chi connectivity index (χ1v) is 23.3. The van der Waals surface area contributed by atoms with Gasteiger partial charge in [0.15, 0.2) is 49.8 Å². The Morgan fingerprint density at radius 1 is 0.405 bits per heavy atom. The van der Waals surface area contributed by atoms with Crippen molar-refractivity contribution in [2.75, 3.05) is 69.6 Å². The second-order valence-electron chi connectivity index (χ2n) is 17.7. The first kappa shape index (κ1) is 61.4. The van der Waals surface area contributed by atoms with Gasteiger partial charge in [0.2, 0.25) is 0 Å². The smallest absolute Gasteiger partial charge is 0.335 e. The van der Waals surface area contributed by atoms with Gasteiger partial charge in [0.25, 0.3) is 0 Å². The van der Waals surface area contributed by atoms with Crippen molar-refractivity contribution in [3.63, 3.8) is 0 Å². The quantitative estimate of drug-likeness (QED) is 0.0418. The van der Waals surface area contributed by atoms with E-state index in [-0.39, 0.29) is 6.61 Å². The van der Waals surface area contributed by atoms with E-state index in [1.54, 1.807) is 6.92 Å². The number of carboxylic acids is 2. The summed E-state index contributed by atoms with van der Waals surface area (Å²) in [5.41, 5.74) is 0. The molecule has 5 rings (SSSR count). The Hall–Kier alpha value is -3.45. The van der Waals surface area contributed by atoms with Gasteiger partial charge in [-0.05, 0) is 0 Å². The zero-order valence-electron chi connectivity index (χ0n) is 42.5. The summed E-state index contributed by atoms with van der Waals surface area (Å²) in [5.74, 6) is -6.18. The highest BCUT2D eigenvalue weighted by atomic mass is 16.8. The molecule has 5 fully saturated rings. The van der Waals surface area contributed by atoms with E-state index in [0.29, 0.717) is 0 Å². The van der Waals surface area contributed by atoms with E-state index in [0.717, 1.165) is 21.0 Å². The highest BCUT2D eigenvalue weighted by Gasteiger charge is 2.60. The molecule has 25 atom stereocenters. The van der Waals surface area contributed by atoms with Crippen LogP contribution in [-0.2, 0) is 114 Å². The highest BCUT2D eigenvalue weighted by molar-refractivity contribution is 5.74. The van der Waals surface area contributed by atoms with Gasteiger partial charge in [0.1, 0.15) is 105 Å². The Kier molecular flexibility index (Phi) is 23.0. The number of aliphatic hydroxyl groups is 4.